The minimum Gasteiger partial charge on any atom is -0.361 e. The Hall–Kier alpha value is -2.11. The van der Waals surface area contributed by atoms with Gasteiger partial charge in [0.05, 0.1) is 11.7 Å². The lowest BCUT2D eigenvalue weighted by Gasteiger charge is -2.24. The molecule has 6 heteroatoms. The van der Waals surface area contributed by atoms with Gasteiger partial charge < -0.3 is 9.42 Å². The largest absolute Gasteiger partial charge is 0.361 e. The lowest BCUT2D eigenvalue weighted by atomic mass is 10.0. The van der Waals surface area contributed by atoms with Crippen molar-refractivity contribution in [3.8, 4) is 0 Å². The fourth-order valence-corrected chi connectivity index (χ4v) is 3.19. The van der Waals surface area contributed by atoms with Crippen molar-refractivity contribution in [2.75, 3.05) is 6.54 Å². The average Bonchev–Trinajstić information content (AvgIpc) is 3.18. The molecule has 0 unspecified atom stereocenters. The molecule has 0 spiro atoms. The highest BCUT2D eigenvalue weighted by Crippen LogP contribution is 2.36. The lowest BCUT2D eigenvalue weighted by molar-refractivity contribution is 0.0722. The topological polar surface area (TPSA) is 64.2 Å². The summed E-state index contributed by atoms with van der Waals surface area (Å²) in [4.78, 5) is 14.8. The van der Waals surface area contributed by atoms with E-state index >= 15 is 0 Å². The molecule has 1 aliphatic rings. The molecule has 1 fully saturated rings. The Morgan fingerprint density at radius 1 is 1.48 bits per heavy atom. The number of amides is 1. The Bertz CT molecular complexity index is 639. The first-order valence-corrected chi connectivity index (χ1v) is 7.39. The van der Waals surface area contributed by atoms with Crippen LogP contribution in [0, 0.1) is 13.8 Å². The second-order valence-corrected chi connectivity index (χ2v) is 5.43. The van der Waals surface area contributed by atoms with Crippen LogP contribution in [-0.4, -0.2) is 32.3 Å². The van der Waals surface area contributed by atoms with E-state index < -0.39 is 0 Å². The molecule has 1 aliphatic heterocycles. The van der Waals surface area contributed by atoms with Crippen LogP contribution in [0.3, 0.4) is 0 Å². The van der Waals surface area contributed by atoms with Crippen molar-refractivity contribution in [3.63, 3.8) is 0 Å². The van der Waals surface area contributed by atoms with Crippen LogP contribution in [0.4, 0.5) is 0 Å². The third-order valence-electron chi connectivity index (χ3n) is 4.17. The second-order valence-electron chi connectivity index (χ2n) is 5.43. The van der Waals surface area contributed by atoms with Crippen LogP contribution in [0.25, 0.3) is 0 Å². The Morgan fingerprint density at radius 2 is 2.29 bits per heavy atom. The maximum absolute atomic E-state index is 12.8. The SMILES string of the molecule is CCn1nccc1C(=O)N1CCC[C@H]1c1c(C)noc1C. The first-order chi connectivity index (χ1) is 10.1. The predicted octanol–water partition coefficient (Wildman–Crippen LogP) is 2.49. The van der Waals surface area contributed by atoms with Crippen molar-refractivity contribution in [2.45, 2.75) is 46.2 Å². The number of hydrogen-bond acceptors (Lipinski definition) is 4. The summed E-state index contributed by atoms with van der Waals surface area (Å²) < 4.78 is 7.01. The molecule has 0 N–H and O–H groups in total. The van der Waals surface area contributed by atoms with Crippen molar-refractivity contribution in [3.05, 3.63) is 35.0 Å². The van der Waals surface area contributed by atoms with Gasteiger partial charge in [0.1, 0.15) is 11.5 Å². The van der Waals surface area contributed by atoms with Crippen LogP contribution < -0.4 is 0 Å². The number of hydrogen-bond donors (Lipinski definition) is 0. The van der Waals surface area contributed by atoms with Crippen LogP contribution in [0.15, 0.2) is 16.8 Å². The van der Waals surface area contributed by atoms with Crippen molar-refractivity contribution in [1.82, 2.24) is 19.8 Å². The highest BCUT2D eigenvalue weighted by molar-refractivity contribution is 5.93. The van der Waals surface area contributed by atoms with Crippen LogP contribution >= 0.6 is 0 Å². The zero-order valence-electron chi connectivity index (χ0n) is 12.7. The molecule has 2 aromatic rings. The standard InChI is InChI=1S/C15H20N4O2/c1-4-19-13(7-8-16-19)15(20)18-9-5-6-12(18)14-10(2)17-21-11(14)3/h7-8,12H,4-6,9H2,1-3H3/t12-/m0/s1. The first-order valence-electron chi connectivity index (χ1n) is 7.39. The Labute approximate surface area is 123 Å². The number of aryl methyl sites for hydroxylation is 3. The van der Waals surface area contributed by atoms with Gasteiger partial charge in [-0.3, -0.25) is 9.48 Å². The van der Waals surface area contributed by atoms with E-state index in [0.717, 1.165) is 36.4 Å². The summed E-state index contributed by atoms with van der Waals surface area (Å²) in [7, 11) is 0. The van der Waals surface area contributed by atoms with Crippen molar-refractivity contribution in [1.29, 1.82) is 0 Å². The molecule has 0 saturated carbocycles. The summed E-state index contributed by atoms with van der Waals surface area (Å²) in [5.74, 6) is 0.845. The molecule has 21 heavy (non-hydrogen) atoms. The van der Waals surface area contributed by atoms with E-state index in [2.05, 4.69) is 10.3 Å². The van der Waals surface area contributed by atoms with Crippen LogP contribution in [0.5, 0.6) is 0 Å². The third kappa shape index (κ3) is 2.24. The third-order valence-corrected chi connectivity index (χ3v) is 4.17. The minimum atomic E-state index is 0.0388. The molecule has 0 bridgehead atoms. The molecular weight excluding hydrogens is 268 g/mol. The van der Waals surface area contributed by atoms with Gasteiger partial charge in [-0.15, -0.1) is 0 Å². The first kappa shape index (κ1) is 13.9. The molecular formula is C15H20N4O2. The smallest absolute Gasteiger partial charge is 0.272 e. The van der Waals surface area contributed by atoms with Gasteiger partial charge in [-0.1, -0.05) is 5.16 Å². The van der Waals surface area contributed by atoms with Gasteiger partial charge >= 0.3 is 0 Å². The highest BCUT2D eigenvalue weighted by Gasteiger charge is 2.35. The van der Waals surface area contributed by atoms with Gasteiger partial charge in [0, 0.05) is 24.8 Å². The molecule has 3 rings (SSSR count). The maximum atomic E-state index is 12.8. The summed E-state index contributed by atoms with van der Waals surface area (Å²) in [6.45, 7) is 7.29. The van der Waals surface area contributed by atoms with E-state index in [1.54, 1.807) is 16.9 Å². The van der Waals surface area contributed by atoms with E-state index in [0.29, 0.717) is 12.2 Å². The normalized spacial score (nSPS) is 18.4. The Morgan fingerprint density at radius 3 is 2.95 bits per heavy atom. The summed E-state index contributed by atoms with van der Waals surface area (Å²) in [6.07, 6.45) is 3.63. The number of carbonyl (C=O) groups is 1. The number of rotatable bonds is 3. The van der Waals surface area contributed by atoms with Gasteiger partial charge in [-0.25, -0.2) is 0 Å². The van der Waals surface area contributed by atoms with Gasteiger partial charge in [-0.2, -0.15) is 5.10 Å². The maximum Gasteiger partial charge on any atom is 0.272 e. The molecule has 6 nitrogen and oxygen atoms in total. The molecule has 2 aromatic heterocycles. The van der Waals surface area contributed by atoms with Crippen molar-refractivity contribution >= 4 is 5.91 Å². The molecule has 0 aliphatic carbocycles. The zero-order valence-corrected chi connectivity index (χ0v) is 12.7. The van der Waals surface area contributed by atoms with Gasteiger partial charge in [0.15, 0.2) is 0 Å². The summed E-state index contributed by atoms with van der Waals surface area (Å²) in [6, 6.07) is 1.85. The monoisotopic (exact) mass is 288 g/mol. The molecule has 1 amide bonds. The zero-order chi connectivity index (χ0) is 15.0. The number of aromatic nitrogens is 3. The van der Waals surface area contributed by atoms with Crippen molar-refractivity contribution < 1.29 is 9.32 Å². The van der Waals surface area contributed by atoms with E-state index in [-0.39, 0.29) is 11.9 Å². The van der Waals surface area contributed by atoms with E-state index in [9.17, 15) is 4.79 Å². The fraction of sp³-hybridized carbons (Fsp3) is 0.533. The fourth-order valence-electron chi connectivity index (χ4n) is 3.19. The summed E-state index contributed by atoms with van der Waals surface area (Å²) >= 11 is 0. The Balaban J connectivity index is 1.93. The van der Waals surface area contributed by atoms with E-state index in [1.807, 2.05) is 25.7 Å². The van der Waals surface area contributed by atoms with E-state index in [4.69, 9.17) is 4.52 Å². The molecule has 3 heterocycles. The summed E-state index contributed by atoms with van der Waals surface area (Å²) in [5, 5.41) is 8.21. The lowest BCUT2D eigenvalue weighted by Crippen LogP contribution is -2.32. The van der Waals surface area contributed by atoms with Gasteiger partial charge in [-0.05, 0) is 39.7 Å². The van der Waals surface area contributed by atoms with Crippen LogP contribution in [-0.2, 0) is 6.54 Å². The number of likely N-dealkylation sites (tertiary alicyclic amines) is 1. The predicted molar refractivity (Wildman–Crippen MR) is 76.9 cm³/mol. The molecule has 1 atom stereocenters. The molecule has 112 valence electrons. The minimum absolute atomic E-state index is 0.0388. The van der Waals surface area contributed by atoms with Crippen LogP contribution in [0.2, 0.25) is 0 Å². The van der Waals surface area contributed by atoms with Crippen molar-refractivity contribution in [2.24, 2.45) is 0 Å². The number of nitrogens with zero attached hydrogens (tertiary/aromatic N) is 4. The highest BCUT2D eigenvalue weighted by atomic mass is 16.5. The molecule has 0 radical (unpaired) electrons. The molecule has 1 saturated heterocycles. The molecule has 0 aromatic carbocycles. The number of carbonyl (C=O) groups excluding carboxylic acids is 1. The second kappa shape index (κ2) is 5.35. The van der Waals surface area contributed by atoms with E-state index in [1.165, 1.54) is 0 Å². The quantitative estimate of drug-likeness (QED) is 0.870. The van der Waals surface area contributed by atoms with Gasteiger partial charge in [0.2, 0.25) is 0 Å². The Kier molecular flexibility index (Phi) is 3.53. The summed E-state index contributed by atoms with van der Waals surface area (Å²) in [5.41, 5.74) is 2.58. The average molecular weight is 288 g/mol. The van der Waals surface area contributed by atoms with Crippen LogP contribution in [0.1, 0.15) is 53.3 Å². The van der Waals surface area contributed by atoms with Gasteiger partial charge in [0.25, 0.3) is 5.91 Å².